The minimum atomic E-state index is -3.81. The minimum absolute atomic E-state index is 0.128. The number of rotatable bonds is 8. The van der Waals surface area contributed by atoms with E-state index in [1.807, 2.05) is 50.4 Å². The number of hydrogen-bond acceptors (Lipinski definition) is 5. The number of nitrogens with zero attached hydrogens (tertiary/aromatic N) is 2. The van der Waals surface area contributed by atoms with Crippen LogP contribution in [0, 0.1) is 12.8 Å². The number of hydrogen-bond donors (Lipinski definition) is 1. The number of amides is 1. The fourth-order valence-electron chi connectivity index (χ4n) is 3.17. The Morgan fingerprint density at radius 3 is 2.35 bits per heavy atom. The van der Waals surface area contributed by atoms with Gasteiger partial charge in [0, 0.05) is 18.0 Å². The predicted molar refractivity (Wildman–Crippen MR) is 126 cm³/mol. The summed E-state index contributed by atoms with van der Waals surface area (Å²) in [5.41, 5.74) is 2.89. The normalized spacial score (nSPS) is 12.8. The van der Waals surface area contributed by atoms with Gasteiger partial charge in [0.15, 0.2) is 5.13 Å². The number of carbonyl (C=O) groups excluding carboxylic acids is 1. The molecular formula is C23H27N3O3S2. The molecular weight excluding hydrogens is 430 g/mol. The van der Waals surface area contributed by atoms with Gasteiger partial charge in [0.2, 0.25) is 15.9 Å². The summed E-state index contributed by atoms with van der Waals surface area (Å²) in [5, 5.41) is 5.14. The average Bonchev–Trinajstić information content (AvgIpc) is 3.20. The van der Waals surface area contributed by atoms with Gasteiger partial charge in [-0.2, -0.15) is 4.31 Å². The summed E-state index contributed by atoms with van der Waals surface area (Å²) in [5.74, 6) is -0.260. The molecule has 3 aromatic rings. The summed E-state index contributed by atoms with van der Waals surface area (Å²) < 4.78 is 27.3. The van der Waals surface area contributed by atoms with E-state index in [4.69, 9.17) is 0 Å². The van der Waals surface area contributed by atoms with Crippen LogP contribution in [0.15, 0.2) is 64.9 Å². The number of sulfonamides is 1. The third-order valence-corrected chi connectivity index (χ3v) is 7.58. The largest absolute Gasteiger partial charge is 0.301 e. The summed E-state index contributed by atoms with van der Waals surface area (Å²) in [7, 11) is -2.35. The summed E-state index contributed by atoms with van der Waals surface area (Å²) in [6.45, 7) is 5.94. The Kier molecular flexibility index (Phi) is 7.25. The van der Waals surface area contributed by atoms with Gasteiger partial charge in [-0.25, -0.2) is 13.4 Å². The molecule has 0 saturated carbocycles. The van der Waals surface area contributed by atoms with Crippen LogP contribution in [0.3, 0.4) is 0 Å². The molecule has 6 nitrogen and oxygen atoms in total. The van der Waals surface area contributed by atoms with Crippen LogP contribution >= 0.6 is 11.3 Å². The van der Waals surface area contributed by atoms with Gasteiger partial charge in [-0.05, 0) is 31.4 Å². The zero-order valence-corrected chi connectivity index (χ0v) is 19.7. The van der Waals surface area contributed by atoms with Crippen LogP contribution in [0.2, 0.25) is 0 Å². The number of anilines is 1. The number of aromatic nitrogens is 1. The molecule has 1 N–H and O–H groups in total. The topological polar surface area (TPSA) is 79.4 Å². The number of thiazole rings is 1. The third-order valence-electron chi connectivity index (χ3n) is 4.94. The van der Waals surface area contributed by atoms with Crippen molar-refractivity contribution < 1.29 is 13.2 Å². The van der Waals surface area contributed by atoms with Crippen LogP contribution in [0.1, 0.15) is 25.8 Å². The lowest BCUT2D eigenvalue weighted by atomic mass is 10.0. The zero-order chi connectivity index (χ0) is 22.6. The van der Waals surface area contributed by atoms with Crippen molar-refractivity contribution in [2.75, 3.05) is 12.4 Å². The van der Waals surface area contributed by atoms with Crippen molar-refractivity contribution in [3.05, 3.63) is 65.5 Å². The zero-order valence-electron chi connectivity index (χ0n) is 18.1. The van der Waals surface area contributed by atoms with Gasteiger partial charge >= 0.3 is 0 Å². The van der Waals surface area contributed by atoms with E-state index in [2.05, 4.69) is 10.3 Å². The first-order valence-corrected chi connectivity index (χ1v) is 12.4. The minimum Gasteiger partial charge on any atom is -0.301 e. The molecule has 31 heavy (non-hydrogen) atoms. The highest BCUT2D eigenvalue weighted by Crippen LogP contribution is 2.26. The van der Waals surface area contributed by atoms with E-state index in [-0.39, 0.29) is 16.7 Å². The molecule has 0 spiro atoms. The molecule has 1 atom stereocenters. The lowest BCUT2D eigenvalue weighted by Crippen LogP contribution is -2.45. The van der Waals surface area contributed by atoms with Crippen molar-refractivity contribution in [2.45, 2.75) is 38.1 Å². The van der Waals surface area contributed by atoms with Gasteiger partial charge in [-0.3, -0.25) is 4.79 Å². The average molecular weight is 458 g/mol. The Morgan fingerprint density at radius 2 is 1.74 bits per heavy atom. The molecule has 0 radical (unpaired) electrons. The first-order valence-electron chi connectivity index (χ1n) is 10.0. The van der Waals surface area contributed by atoms with E-state index < -0.39 is 16.1 Å². The van der Waals surface area contributed by atoms with Crippen molar-refractivity contribution in [1.82, 2.24) is 9.29 Å². The van der Waals surface area contributed by atoms with Gasteiger partial charge < -0.3 is 5.32 Å². The summed E-state index contributed by atoms with van der Waals surface area (Å²) in [4.78, 5) is 17.8. The Labute approximate surface area is 188 Å². The molecule has 164 valence electrons. The van der Waals surface area contributed by atoms with Crippen LogP contribution in [-0.2, 0) is 14.8 Å². The molecule has 1 heterocycles. The molecule has 1 amide bonds. The van der Waals surface area contributed by atoms with Crippen LogP contribution in [0.5, 0.6) is 0 Å². The van der Waals surface area contributed by atoms with Crippen LogP contribution in [0.4, 0.5) is 5.13 Å². The second-order valence-electron chi connectivity index (χ2n) is 7.87. The first kappa shape index (κ1) is 23.1. The van der Waals surface area contributed by atoms with Crippen molar-refractivity contribution in [2.24, 2.45) is 5.92 Å². The van der Waals surface area contributed by atoms with E-state index in [1.54, 1.807) is 18.2 Å². The highest BCUT2D eigenvalue weighted by Gasteiger charge is 2.33. The lowest BCUT2D eigenvalue weighted by Gasteiger charge is -2.27. The quantitative estimate of drug-likeness (QED) is 0.527. The molecule has 0 saturated heterocycles. The van der Waals surface area contributed by atoms with E-state index in [1.165, 1.54) is 30.5 Å². The van der Waals surface area contributed by atoms with E-state index in [0.717, 1.165) is 21.1 Å². The summed E-state index contributed by atoms with van der Waals surface area (Å²) in [6, 6.07) is 15.3. The summed E-state index contributed by atoms with van der Waals surface area (Å²) >= 11 is 1.32. The molecule has 0 bridgehead atoms. The second kappa shape index (κ2) is 9.72. The molecule has 2 aromatic carbocycles. The van der Waals surface area contributed by atoms with Crippen molar-refractivity contribution in [3.63, 3.8) is 0 Å². The monoisotopic (exact) mass is 457 g/mol. The molecule has 0 fully saturated rings. The van der Waals surface area contributed by atoms with Gasteiger partial charge in [0.25, 0.3) is 0 Å². The molecule has 0 aliphatic carbocycles. The van der Waals surface area contributed by atoms with Crippen molar-refractivity contribution >= 4 is 32.4 Å². The molecule has 0 aliphatic rings. The number of nitrogens with one attached hydrogen (secondary N) is 1. The predicted octanol–water partition coefficient (Wildman–Crippen LogP) is 4.79. The van der Waals surface area contributed by atoms with Gasteiger partial charge in [0.1, 0.15) is 6.04 Å². The molecule has 3 rings (SSSR count). The van der Waals surface area contributed by atoms with Gasteiger partial charge in [-0.15, -0.1) is 11.3 Å². The Bertz CT molecular complexity index is 1120. The smallest absolute Gasteiger partial charge is 0.244 e. The lowest BCUT2D eigenvalue weighted by molar-refractivity contribution is -0.120. The number of benzene rings is 2. The Balaban J connectivity index is 1.81. The fraction of sp³-hybridized carbons (Fsp3) is 0.304. The van der Waals surface area contributed by atoms with Crippen LogP contribution < -0.4 is 5.32 Å². The van der Waals surface area contributed by atoms with Crippen LogP contribution in [0.25, 0.3) is 11.3 Å². The molecule has 0 unspecified atom stereocenters. The molecule has 8 heteroatoms. The second-order valence-corrected chi connectivity index (χ2v) is 10.7. The fourth-order valence-corrected chi connectivity index (χ4v) is 5.24. The Morgan fingerprint density at radius 1 is 1.10 bits per heavy atom. The SMILES string of the molecule is Cc1ccc(-c2csc(NC(=O)[C@H](CC(C)C)N(C)S(=O)(=O)c3ccccc3)n2)cc1. The van der Waals surface area contributed by atoms with Gasteiger partial charge in [0.05, 0.1) is 10.6 Å². The third kappa shape index (κ3) is 5.58. The molecule has 1 aromatic heterocycles. The standard InChI is InChI=1S/C23H27N3O3S2/c1-16(2)14-21(26(4)31(28,29)19-8-6-5-7-9-19)22(27)25-23-24-20(15-30-23)18-12-10-17(3)11-13-18/h5-13,15-16,21H,14H2,1-4H3,(H,24,25,27)/t21-/m0/s1. The highest BCUT2D eigenvalue weighted by atomic mass is 32.2. The van der Waals surface area contributed by atoms with Crippen molar-refractivity contribution in [3.8, 4) is 11.3 Å². The number of aryl methyl sites for hydroxylation is 1. The van der Waals surface area contributed by atoms with Crippen LogP contribution in [-0.4, -0.2) is 36.7 Å². The maximum atomic E-state index is 13.1. The Hall–Kier alpha value is -2.55. The van der Waals surface area contributed by atoms with Crippen molar-refractivity contribution in [1.29, 1.82) is 0 Å². The number of carbonyl (C=O) groups is 1. The highest BCUT2D eigenvalue weighted by molar-refractivity contribution is 7.89. The number of likely N-dealkylation sites (N-methyl/N-ethyl adjacent to an activating group) is 1. The summed E-state index contributed by atoms with van der Waals surface area (Å²) in [6.07, 6.45) is 0.393. The molecule has 0 aliphatic heterocycles. The van der Waals surface area contributed by atoms with E-state index in [9.17, 15) is 13.2 Å². The van der Waals surface area contributed by atoms with E-state index in [0.29, 0.717) is 11.6 Å². The van der Waals surface area contributed by atoms with E-state index >= 15 is 0 Å². The van der Waals surface area contributed by atoms with Gasteiger partial charge in [-0.1, -0.05) is 61.9 Å². The maximum Gasteiger partial charge on any atom is 0.244 e. The maximum absolute atomic E-state index is 13.1. The first-order chi connectivity index (χ1) is 14.7.